The fraction of sp³-hybridized carbons (Fsp3) is 0.364. The van der Waals surface area contributed by atoms with Gasteiger partial charge in [-0.15, -0.1) is 0 Å². The quantitative estimate of drug-likeness (QED) is 0.718. The number of halogens is 1. The summed E-state index contributed by atoms with van der Waals surface area (Å²) in [6.45, 7) is 2.09. The van der Waals surface area contributed by atoms with Crippen LogP contribution in [0.3, 0.4) is 0 Å². The first-order valence-electron chi connectivity index (χ1n) is 4.55. The third kappa shape index (κ3) is 2.48. The number of methoxy groups -OCH3 is 1. The minimum atomic E-state index is -0.472. The van der Waals surface area contributed by atoms with Gasteiger partial charge in [0.15, 0.2) is 0 Å². The topological polar surface area (TPSA) is 26.3 Å². The van der Waals surface area contributed by atoms with E-state index in [4.69, 9.17) is 16.3 Å². The SMILES string of the molecule is CCCc1ccc(OC)c(C(=O)Cl)c1. The van der Waals surface area contributed by atoms with Crippen LogP contribution >= 0.6 is 11.6 Å². The zero-order valence-electron chi connectivity index (χ0n) is 8.34. The van der Waals surface area contributed by atoms with Gasteiger partial charge in [0.25, 0.3) is 5.24 Å². The predicted molar refractivity (Wildman–Crippen MR) is 57.2 cm³/mol. The number of hydrogen-bond acceptors (Lipinski definition) is 2. The molecule has 0 aliphatic heterocycles. The third-order valence-corrected chi connectivity index (χ3v) is 2.22. The summed E-state index contributed by atoms with van der Waals surface area (Å²) < 4.78 is 5.03. The highest BCUT2D eigenvalue weighted by molar-refractivity contribution is 6.68. The molecule has 0 unspecified atom stereocenters. The molecule has 0 aliphatic carbocycles. The highest BCUT2D eigenvalue weighted by Crippen LogP contribution is 2.22. The first kappa shape index (κ1) is 11.1. The minimum Gasteiger partial charge on any atom is -0.496 e. The molecule has 0 aliphatic rings. The van der Waals surface area contributed by atoms with Gasteiger partial charge in [0.1, 0.15) is 5.75 Å². The normalized spacial score (nSPS) is 9.93. The largest absolute Gasteiger partial charge is 0.496 e. The summed E-state index contributed by atoms with van der Waals surface area (Å²) >= 11 is 5.44. The summed E-state index contributed by atoms with van der Waals surface area (Å²) in [6, 6.07) is 5.52. The summed E-state index contributed by atoms with van der Waals surface area (Å²) in [5, 5.41) is -0.472. The second-order valence-corrected chi connectivity index (χ2v) is 3.40. The monoisotopic (exact) mass is 212 g/mol. The van der Waals surface area contributed by atoms with Gasteiger partial charge in [0.05, 0.1) is 12.7 Å². The Labute approximate surface area is 88.8 Å². The highest BCUT2D eigenvalue weighted by Gasteiger charge is 2.09. The maximum absolute atomic E-state index is 11.1. The second kappa shape index (κ2) is 5.01. The smallest absolute Gasteiger partial charge is 0.256 e. The Morgan fingerprint density at radius 1 is 1.50 bits per heavy atom. The molecule has 0 aromatic heterocycles. The number of benzene rings is 1. The lowest BCUT2D eigenvalue weighted by molar-refractivity contribution is 0.107. The molecule has 0 N–H and O–H groups in total. The predicted octanol–water partition coefficient (Wildman–Crippen LogP) is 3.03. The molecule has 0 radical (unpaired) electrons. The summed E-state index contributed by atoms with van der Waals surface area (Å²) in [7, 11) is 1.53. The molecule has 1 rings (SSSR count). The van der Waals surface area contributed by atoms with Crippen LogP contribution in [0.4, 0.5) is 0 Å². The van der Waals surface area contributed by atoms with E-state index in [0.717, 1.165) is 18.4 Å². The molecule has 0 saturated heterocycles. The Hall–Kier alpha value is -1.02. The van der Waals surface area contributed by atoms with Gasteiger partial charge in [-0.25, -0.2) is 0 Å². The Balaban J connectivity index is 3.07. The number of rotatable bonds is 4. The van der Waals surface area contributed by atoms with E-state index in [1.807, 2.05) is 6.07 Å². The number of hydrogen-bond donors (Lipinski definition) is 0. The second-order valence-electron chi connectivity index (χ2n) is 3.06. The molecule has 14 heavy (non-hydrogen) atoms. The maximum atomic E-state index is 11.1. The lowest BCUT2D eigenvalue weighted by Crippen LogP contribution is -1.97. The molecule has 3 heteroatoms. The summed E-state index contributed by atoms with van der Waals surface area (Å²) in [4.78, 5) is 11.1. The lowest BCUT2D eigenvalue weighted by Gasteiger charge is -2.06. The lowest BCUT2D eigenvalue weighted by atomic mass is 10.1. The van der Waals surface area contributed by atoms with Crippen LogP contribution in [0.2, 0.25) is 0 Å². The summed E-state index contributed by atoms with van der Waals surface area (Å²) in [6.07, 6.45) is 1.99. The number of carbonyl (C=O) groups is 1. The van der Waals surface area contributed by atoms with Crippen molar-refractivity contribution < 1.29 is 9.53 Å². The molecule has 0 amide bonds. The van der Waals surface area contributed by atoms with Crippen LogP contribution in [0.5, 0.6) is 5.75 Å². The van der Waals surface area contributed by atoms with Crippen LogP contribution < -0.4 is 4.74 Å². The molecule has 1 aromatic rings. The minimum absolute atomic E-state index is 0.445. The van der Waals surface area contributed by atoms with Crippen molar-refractivity contribution in [3.8, 4) is 5.75 Å². The molecule has 0 heterocycles. The van der Waals surface area contributed by atoms with Crippen molar-refractivity contribution in [2.24, 2.45) is 0 Å². The van der Waals surface area contributed by atoms with Gasteiger partial charge in [-0.05, 0) is 35.7 Å². The van der Waals surface area contributed by atoms with Crippen molar-refractivity contribution in [2.75, 3.05) is 7.11 Å². The van der Waals surface area contributed by atoms with E-state index in [-0.39, 0.29) is 0 Å². The van der Waals surface area contributed by atoms with Crippen LogP contribution in [-0.4, -0.2) is 12.4 Å². The fourth-order valence-corrected chi connectivity index (χ4v) is 1.50. The average Bonchev–Trinajstić information content (AvgIpc) is 2.18. The van der Waals surface area contributed by atoms with Crippen molar-refractivity contribution in [2.45, 2.75) is 19.8 Å². The van der Waals surface area contributed by atoms with Crippen LogP contribution in [0.25, 0.3) is 0 Å². The van der Waals surface area contributed by atoms with Gasteiger partial charge in [0, 0.05) is 0 Å². The molecule has 0 atom stereocenters. The fourth-order valence-electron chi connectivity index (χ4n) is 1.35. The van der Waals surface area contributed by atoms with E-state index >= 15 is 0 Å². The van der Waals surface area contributed by atoms with Crippen molar-refractivity contribution in [3.05, 3.63) is 29.3 Å². The first-order chi connectivity index (χ1) is 6.69. The molecular formula is C11H13ClO2. The highest BCUT2D eigenvalue weighted by atomic mass is 35.5. The van der Waals surface area contributed by atoms with Gasteiger partial charge in [-0.1, -0.05) is 19.4 Å². The zero-order valence-corrected chi connectivity index (χ0v) is 9.10. The van der Waals surface area contributed by atoms with E-state index in [1.54, 1.807) is 12.1 Å². The van der Waals surface area contributed by atoms with Crippen LogP contribution in [-0.2, 0) is 6.42 Å². The Morgan fingerprint density at radius 2 is 2.21 bits per heavy atom. The summed E-state index contributed by atoms with van der Waals surface area (Å²) in [5.74, 6) is 0.532. The van der Waals surface area contributed by atoms with Crippen molar-refractivity contribution in [3.63, 3.8) is 0 Å². The van der Waals surface area contributed by atoms with Crippen LogP contribution in [0.15, 0.2) is 18.2 Å². The molecular weight excluding hydrogens is 200 g/mol. The number of carbonyl (C=O) groups excluding carboxylic acids is 1. The van der Waals surface area contributed by atoms with E-state index in [0.29, 0.717) is 11.3 Å². The van der Waals surface area contributed by atoms with Crippen molar-refractivity contribution in [1.82, 2.24) is 0 Å². The zero-order chi connectivity index (χ0) is 10.6. The maximum Gasteiger partial charge on any atom is 0.256 e. The average molecular weight is 213 g/mol. The standard InChI is InChI=1S/C11H13ClO2/c1-3-4-8-5-6-10(14-2)9(7-8)11(12)13/h5-7H,3-4H2,1-2H3. The van der Waals surface area contributed by atoms with Crippen LogP contribution in [0, 0.1) is 0 Å². The number of aryl methyl sites for hydroxylation is 1. The molecule has 0 saturated carbocycles. The van der Waals surface area contributed by atoms with Gasteiger partial charge < -0.3 is 4.74 Å². The van der Waals surface area contributed by atoms with Gasteiger partial charge in [0.2, 0.25) is 0 Å². The molecule has 76 valence electrons. The Bertz CT molecular complexity index is 334. The summed E-state index contributed by atoms with van der Waals surface area (Å²) in [5.41, 5.74) is 1.55. The Morgan fingerprint density at radius 3 is 2.71 bits per heavy atom. The molecule has 0 spiro atoms. The Kier molecular flexibility index (Phi) is 3.96. The molecule has 1 aromatic carbocycles. The van der Waals surface area contributed by atoms with Crippen molar-refractivity contribution in [1.29, 1.82) is 0 Å². The first-order valence-corrected chi connectivity index (χ1v) is 4.93. The van der Waals surface area contributed by atoms with Crippen LogP contribution in [0.1, 0.15) is 29.3 Å². The molecule has 0 fully saturated rings. The van der Waals surface area contributed by atoms with E-state index < -0.39 is 5.24 Å². The number of ether oxygens (including phenoxy) is 1. The van der Waals surface area contributed by atoms with E-state index in [2.05, 4.69) is 6.92 Å². The van der Waals surface area contributed by atoms with Crippen molar-refractivity contribution >= 4 is 16.8 Å². The molecule has 2 nitrogen and oxygen atoms in total. The van der Waals surface area contributed by atoms with Gasteiger partial charge in [-0.2, -0.15) is 0 Å². The molecule has 0 bridgehead atoms. The van der Waals surface area contributed by atoms with Gasteiger partial charge in [-0.3, -0.25) is 4.79 Å². The van der Waals surface area contributed by atoms with E-state index in [9.17, 15) is 4.79 Å². The van der Waals surface area contributed by atoms with E-state index in [1.165, 1.54) is 7.11 Å². The third-order valence-electron chi connectivity index (χ3n) is 2.01. The van der Waals surface area contributed by atoms with Gasteiger partial charge >= 0.3 is 0 Å².